The fourth-order valence-corrected chi connectivity index (χ4v) is 2.28. The standard InChI is InChI=1S/C12H19N3O2/c1-5-17-10(16)9-8(6-15(4)14-9)12(13)7-11(12,2)3/h6H,5,7,13H2,1-4H3. The zero-order chi connectivity index (χ0) is 12.8. The highest BCUT2D eigenvalue weighted by Gasteiger charge is 2.61. The summed E-state index contributed by atoms with van der Waals surface area (Å²) in [5, 5.41) is 4.16. The Hall–Kier alpha value is -1.36. The lowest BCUT2D eigenvalue weighted by atomic mass is 9.97. The molecule has 1 heterocycles. The van der Waals surface area contributed by atoms with Gasteiger partial charge in [0.1, 0.15) is 0 Å². The van der Waals surface area contributed by atoms with Gasteiger partial charge in [-0.25, -0.2) is 4.79 Å². The molecule has 5 nitrogen and oxygen atoms in total. The number of hydrogen-bond donors (Lipinski definition) is 1. The summed E-state index contributed by atoms with van der Waals surface area (Å²) in [4.78, 5) is 11.8. The Kier molecular flexibility index (Phi) is 2.54. The summed E-state index contributed by atoms with van der Waals surface area (Å²) in [6, 6.07) is 0. The summed E-state index contributed by atoms with van der Waals surface area (Å²) in [6.07, 6.45) is 2.68. The molecule has 0 saturated heterocycles. The van der Waals surface area contributed by atoms with Crippen molar-refractivity contribution in [2.24, 2.45) is 18.2 Å². The van der Waals surface area contributed by atoms with Crippen molar-refractivity contribution in [1.82, 2.24) is 9.78 Å². The molecule has 1 saturated carbocycles. The van der Waals surface area contributed by atoms with Crippen LogP contribution in [0.5, 0.6) is 0 Å². The minimum atomic E-state index is -0.455. The minimum Gasteiger partial charge on any atom is -0.461 e. The lowest BCUT2D eigenvalue weighted by molar-refractivity contribution is 0.0516. The highest BCUT2D eigenvalue weighted by molar-refractivity contribution is 5.89. The molecule has 0 aliphatic heterocycles. The third-order valence-electron chi connectivity index (χ3n) is 3.58. The van der Waals surface area contributed by atoms with E-state index in [9.17, 15) is 4.79 Å². The second kappa shape index (κ2) is 3.57. The van der Waals surface area contributed by atoms with Gasteiger partial charge >= 0.3 is 5.97 Å². The molecule has 5 heteroatoms. The van der Waals surface area contributed by atoms with Gasteiger partial charge in [0.15, 0.2) is 5.69 Å². The van der Waals surface area contributed by atoms with Crippen LogP contribution in [0.1, 0.15) is 43.2 Å². The molecule has 1 atom stereocenters. The third-order valence-corrected chi connectivity index (χ3v) is 3.58. The average molecular weight is 237 g/mol. The van der Waals surface area contributed by atoms with Gasteiger partial charge in [0.05, 0.1) is 12.1 Å². The van der Waals surface area contributed by atoms with Crippen LogP contribution < -0.4 is 5.73 Å². The van der Waals surface area contributed by atoms with E-state index < -0.39 is 11.5 Å². The molecule has 0 aromatic carbocycles. The molecule has 1 aliphatic carbocycles. The molecule has 1 aromatic rings. The van der Waals surface area contributed by atoms with Crippen LogP contribution in [0.2, 0.25) is 0 Å². The summed E-state index contributed by atoms with van der Waals surface area (Å²) < 4.78 is 6.62. The molecule has 17 heavy (non-hydrogen) atoms. The number of hydrogen-bond acceptors (Lipinski definition) is 4. The number of aromatic nitrogens is 2. The molecule has 2 N–H and O–H groups in total. The Bertz CT molecular complexity index is 464. The van der Waals surface area contributed by atoms with E-state index in [1.165, 1.54) is 0 Å². The molecular weight excluding hydrogens is 218 g/mol. The lowest BCUT2D eigenvalue weighted by Gasteiger charge is -2.14. The van der Waals surface area contributed by atoms with Gasteiger partial charge in [-0.15, -0.1) is 0 Å². The third kappa shape index (κ3) is 1.74. The molecule has 1 unspecified atom stereocenters. The van der Waals surface area contributed by atoms with Crippen molar-refractivity contribution in [3.05, 3.63) is 17.5 Å². The molecule has 0 bridgehead atoms. The summed E-state index contributed by atoms with van der Waals surface area (Å²) in [5.74, 6) is -0.393. The number of carbonyl (C=O) groups is 1. The Balaban J connectivity index is 2.39. The van der Waals surface area contributed by atoms with Crippen LogP contribution in [0, 0.1) is 5.41 Å². The van der Waals surface area contributed by atoms with Gasteiger partial charge in [-0.3, -0.25) is 4.68 Å². The second-order valence-electron chi connectivity index (χ2n) is 5.32. The first kappa shape index (κ1) is 12.1. The van der Waals surface area contributed by atoms with E-state index in [0.29, 0.717) is 12.3 Å². The monoisotopic (exact) mass is 237 g/mol. The van der Waals surface area contributed by atoms with E-state index >= 15 is 0 Å². The Morgan fingerprint density at radius 2 is 2.24 bits per heavy atom. The molecule has 1 aromatic heterocycles. The van der Waals surface area contributed by atoms with Gasteiger partial charge in [0.25, 0.3) is 0 Å². The van der Waals surface area contributed by atoms with E-state index in [0.717, 1.165) is 12.0 Å². The predicted octanol–water partition coefficient (Wildman–Crippen LogP) is 1.18. The molecule has 0 radical (unpaired) electrons. The van der Waals surface area contributed by atoms with Crippen molar-refractivity contribution >= 4 is 5.97 Å². The van der Waals surface area contributed by atoms with Crippen LogP contribution in [0.4, 0.5) is 0 Å². The first-order valence-corrected chi connectivity index (χ1v) is 5.82. The van der Waals surface area contributed by atoms with Gasteiger partial charge in [0, 0.05) is 18.8 Å². The molecule has 0 spiro atoms. The maximum Gasteiger partial charge on any atom is 0.359 e. The maximum absolute atomic E-state index is 11.8. The van der Waals surface area contributed by atoms with Crippen molar-refractivity contribution in [1.29, 1.82) is 0 Å². The molecule has 0 amide bonds. The van der Waals surface area contributed by atoms with E-state index in [4.69, 9.17) is 10.5 Å². The van der Waals surface area contributed by atoms with Crippen molar-refractivity contribution in [3.63, 3.8) is 0 Å². The maximum atomic E-state index is 11.8. The van der Waals surface area contributed by atoms with E-state index in [-0.39, 0.29) is 5.41 Å². The summed E-state index contributed by atoms with van der Waals surface area (Å²) >= 11 is 0. The predicted molar refractivity (Wildman–Crippen MR) is 63.4 cm³/mol. The minimum absolute atomic E-state index is 0.0112. The highest BCUT2D eigenvalue weighted by atomic mass is 16.5. The second-order valence-corrected chi connectivity index (χ2v) is 5.32. The fraction of sp³-hybridized carbons (Fsp3) is 0.667. The summed E-state index contributed by atoms with van der Waals surface area (Å²) in [6.45, 7) is 6.31. The van der Waals surface area contributed by atoms with Crippen molar-refractivity contribution in [2.75, 3.05) is 6.61 Å². The van der Waals surface area contributed by atoms with Crippen molar-refractivity contribution in [3.8, 4) is 0 Å². The van der Waals surface area contributed by atoms with Gasteiger partial charge in [-0.2, -0.15) is 5.10 Å². The number of rotatable bonds is 3. The van der Waals surface area contributed by atoms with Gasteiger partial charge < -0.3 is 10.5 Å². The van der Waals surface area contributed by atoms with Gasteiger partial charge in [0.2, 0.25) is 0 Å². The Morgan fingerprint density at radius 1 is 1.65 bits per heavy atom. The zero-order valence-corrected chi connectivity index (χ0v) is 10.8. The van der Waals surface area contributed by atoms with Crippen LogP contribution >= 0.6 is 0 Å². The summed E-state index contributed by atoms with van der Waals surface area (Å²) in [5.41, 5.74) is 7.03. The topological polar surface area (TPSA) is 70.1 Å². The Labute approximate surface area is 101 Å². The number of nitrogens with zero attached hydrogens (tertiary/aromatic N) is 2. The highest BCUT2D eigenvalue weighted by Crippen LogP contribution is 2.60. The number of nitrogens with two attached hydrogens (primary N) is 1. The molecule has 1 aliphatic rings. The fourth-order valence-electron chi connectivity index (χ4n) is 2.28. The summed E-state index contributed by atoms with van der Waals surface area (Å²) in [7, 11) is 1.78. The van der Waals surface area contributed by atoms with E-state index in [1.807, 2.05) is 6.20 Å². The number of ether oxygens (including phenoxy) is 1. The number of carbonyl (C=O) groups excluding carboxylic acids is 1. The average Bonchev–Trinajstić information content (AvgIpc) is 2.59. The lowest BCUT2D eigenvalue weighted by Crippen LogP contribution is -2.27. The molecular formula is C12H19N3O2. The number of aryl methyl sites for hydroxylation is 1. The SMILES string of the molecule is CCOC(=O)c1nn(C)cc1C1(N)CC1(C)C. The smallest absolute Gasteiger partial charge is 0.359 e. The van der Waals surface area contributed by atoms with Crippen LogP contribution in [-0.4, -0.2) is 22.4 Å². The van der Waals surface area contributed by atoms with Crippen LogP contribution in [0.3, 0.4) is 0 Å². The van der Waals surface area contributed by atoms with Gasteiger partial charge in [-0.05, 0) is 18.8 Å². The Morgan fingerprint density at radius 3 is 2.71 bits per heavy atom. The van der Waals surface area contributed by atoms with E-state index in [1.54, 1.807) is 18.7 Å². The quantitative estimate of drug-likeness (QED) is 0.801. The molecule has 1 fully saturated rings. The van der Waals surface area contributed by atoms with Crippen LogP contribution in [0.15, 0.2) is 6.20 Å². The first-order valence-electron chi connectivity index (χ1n) is 5.82. The van der Waals surface area contributed by atoms with Crippen LogP contribution in [-0.2, 0) is 17.3 Å². The van der Waals surface area contributed by atoms with Crippen molar-refractivity contribution < 1.29 is 9.53 Å². The van der Waals surface area contributed by atoms with Gasteiger partial charge in [-0.1, -0.05) is 13.8 Å². The van der Waals surface area contributed by atoms with Crippen molar-refractivity contribution in [2.45, 2.75) is 32.7 Å². The number of esters is 1. The first-order chi connectivity index (χ1) is 7.82. The largest absolute Gasteiger partial charge is 0.461 e. The van der Waals surface area contributed by atoms with Crippen LogP contribution in [0.25, 0.3) is 0 Å². The normalized spacial score (nSPS) is 25.7. The zero-order valence-electron chi connectivity index (χ0n) is 10.8. The molecule has 94 valence electrons. The van der Waals surface area contributed by atoms with E-state index in [2.05, 4.69) is 18.9 Å². The molecule has 2 rings (SSSR count).